The Hall–Kier alpha value is -3.28. The summed E-state index contributed by atoms with van der Waals surface area (Å²) in [4.78, 5) is 8.79. The van der Waals surface area contributed by atoms with Crippen LogP contribution < -0.4 is 20.1 Å². The van der Waals surface area contributed by atoms with Crippen LogP contribution in [0.15, 0.2) is 54.7 Å². The summed E-state index contributed by atoms with van der Waals surface area (Å²) in [7, 11) is 3.26. The number of nitrogens with one attached hydrogen (secondary N) is 2. The minimum absolute atomic E-state index is 0.591. The average molecular weight is 364 g/mol. The molecular formula is C21H24N4O2. The Balaban J connectivity index is 1.59. The molecule has 6 heteroatoms. The maximum atomic E-state index is 5.34. The monoisotopic (exact) mass is 364 g/mol. The lowest BCUT2D eigenvalue weighted by molar-refractivity contribution is 0.354. The summed E-state index contributed by atoms with van der Waals surface area (Å²) in [6.07, 6.45) is 1.74. The predicted octanol–water partition coefficient (Wildman–Crippen LogP) is 4.03. The summed E-state index contributed by atoms with van der Waals surface area (Å²) in [5.41, 5.74) is 3.50. The van der Waals surface area contributed by atoms with E-state index in [9.17, 15) is 0 Å². The van der Waals surface area contributed by atoms with Gasteiger partial charge in [-0.05, 0) is 36.2 Å². The summed E-state index contributed by atoms with van der Waals surface area (Å²) in [6, 6.07) is 16.1. The van der Waals surface area contributed by atoms with Gasteiger partial charge in [0, 0.05) is 19.3 Å². The van der Waals surface area contributed by atoms with E-state index >= 15 is 0 Å². The quantitative estimate of drug-likeness (QED) is 0.629. The molecule has 3 aromatic rings. The molecule has 0 aliphatic heterocycles. The molecule has 0 unspecified atom stereocenters. The zero-order valence-electron chi connectivity index (χ0n) is 15.8. The fourth-order valence-electron chi connectivity index (χ4n) is 2.61. The Bertz CT molecular complexity index is 882. The number of aryl methyl sites for hydroxylation is 1. The lowest BCUT2D eigenvalue weighted by Gasteiger charge is -2.11. The van der Waals surface area contributed by atoms with Crippen molar-refractivity contribution in [2.75, 3.05) is 24.9 Å². The third kappa shape index (κ3) is 5.10. The largest absolute Gasteiger partial charge is 0.493 e. The van der Waals surface area contributed by atoms with Crippen molar-refractivity contribution in [3.8, 4) is 11.5 Å². The van der Waals surface area contributed by atoms with Crippen LogP contribution in [0.25, 0.3) is 0 Å². The molecule has 0 saturated carbocycles. The number of hydrogen-bond acceptors (Lipinski definition) is 6. The summed E-state index contributed by atoms with van der Waals surface area (Å²) in [5, 5.41) is 6.56. The SMILES string of the molecule is COc1ccc(CNc2ccnc(NCc3ccc(C)cc3)n2)cc1OC. The molecule has 0 aliphatic carbocycles. The van der Waals surface area contributed by atoms with E-state index in [2.05, 4.69) is 51.8 Å². The van der Waals surface area contributed by atoms with E-state index in [4.69, 9.17) is 9.47 Å². The molecule has 0 fully saturated rings. The van der Waals surface area contributed by atoms with Crippen LogP contribution in [-0.2, 0) is 13.1 Å². The highest BCUT2D eigenvalue weighted by Gasteiger charge is 2.05. The second kappa shape index (κ2) is 8.89. The second-order valence-corrected chi connectivity index (χ2v) is 6.15. The summed E-state index contributed by atoms with van der Waals surface area (Å²) < 4.78 is 10.6. The van der Waals surface area contributed by atoms with Crippen molar-refractivity contribution in [2.45, 2.75) is 20.0 Å². The third-order valence-electron chi connectivity index (χ3n) is 4.15. The number of nitrogens with zero attached hydrogens (tertiary/aromatic N) is 2. The fourth-order valence-corrected chi connectivity index (χ4v) is 2.61. The van der Waals surface area contributed by atoms with Crippen LogP contribution in [0.1, 0.15) is 16.7 Å². The standard InChI is InChI=1S/C21H24N4O2/c1-15-4-6-16(7-5-15)13-24-21-22-11-10-20(25-21)23-14-17-8-9-18(26-2)19(12-17)27-3/h4-12H,13-14H2,1-3H3,(H2,22,23,24,25). The topological polar surface area (TPSA) is 68.3 Å². The normalized spacial score (nSPS) is 10.3. The molecule has 140 valence electrons. The third-order valence-corrected chi connectivity index (χ3v) is 4.15. The first-order valence-corrected chi connectivity index (χ1v) is 8.75. The summed E-state index contributed by atoms with van der Waals surface area (Å²) >= 11 is 0. The Labute approximate surface area is 159 Å². The Kier molecular flexibility index (Phi) is 6.10. The number of anilines is 2. The molecule has 2 aromatic carbocycles. The van der Waals surface area contributed by atoms with Crippen molar-refractivity contribution < 1.29 is 9.47 Å². The van der Waals surface area contributed by atoms with Gasteiger partial charge < -0.3 is 20.1 Å². The number of ether oxygens (including phenoxy) is 2. The first kappa shape index (κ1) is 18.5. The first-order valence-electron chi connectivity index (χ1n) is 8.75. The molecule has 0 bridgehead atoms. The van der Waals surface area contributed by atoms with Crippen molar-refractivity contribution in [1.29, 1.82) is 0 Å². The molecule has 27 heavy (non-hydrogen) atoms. The molecule has 0 radical (unpaired) electrons. The number of hydrogen-bond donors (Lipinski definition) is 2. The van der Waals surface area contributed by atoms with Gasteiger partial charge in [0.15, 0.2) is 11.5 Å². The summed E-state index contributed by atoms with van der Waals surface area (Å²) in [5.74, 6) is 2.77. The molecule has 2 N–H and O–H groups in total. The average Bonchev–Trinajstić information content (AvgIpc) is 2.72. The van der Waals surface area contributed by atoms with Gasteiger partial charge in [0.2, 0.25) is 5.95 Å². The van der Waals surface area contributed by atoms with Crippen molar-refractivity contribution in [3.63, 3.8) is 0 Å². The summed E-state index contributed by atoms with van der Waals surface area (Å²) in [6.45, 7) is 3.38. The zero-order chi connectivity index (χ0) is 19.1. The maximum absolute atomic E-state index is 5.34. The predicted molar refractivity (Wildman–Crippen MR) is 107 cm³/mol. The van der Waals surface area contributed by atoms with E-state index in [1.54, 1.807) is 20.4 Å². The molecule has 0 aliphatic rings. The Morgan fingerprint density at radius 3 is 2.26 bits per heavy atom. The molecule has 0 saturated heterocycles. The van der Waals surface area contributed by atoms with E-state index in [1.165, 1.54) is 11.1 Å². The highest BCUT2D eigenvalue weighted by molar-refractivity contribution is 5.45. The number of aromatic nitrogens is 2. The molecule has 0 amide bonds. The molecular weight excluding hydrogens is 340 g/mol. The molecule has 6 nitrogen and oxygen atoms in total. The minimum atomic E-state index is 0.591. The van der Waals surface area contributed by atoms with Gasteiger partial charge in [-0.25, -0.2) is 4.98 Å². The van der Waals surface area contributed by atoms with Crippen molar-refractivity contribution >= 4 is 11.8 Å². The van der Waals surface area contributed by atoms with Gasteiger partial charge >= 0.3 is 0 Å². The van der Waals surface area contributed by atoms with Crippen molar-refractivity contribution in [1.82, 2.24) is 9.97 Å². The van der Waals surface area contributed by atoms with Crippen LogP contribution in [0, 0.1) is 6.92 Å². The maximum Gasteiger partial charge on any atom is 0.224 e. The Morgan fingerprint density at radius 2 is 1.52 bits per heavy atom. The van der Waals surface area contributed by atoms with E-state index in [0.29, 0.717) is 30.5 Å². The van der Waals surface area contributed by atoms with Crippen LogP contribution >= 0.6 is 0 Å². The molecule has 3 rings (SSSR count). The highest BCUT2D eigenvalue weighted by Crippen LogP contribution is 2.27. The zero-order valence-corrected chi connectivity index (χ0v) is 15.8. The lowest BCUT2D eigenvalue weighted by atomic mass is 10.1. The van der Waals surface area contributed by atoms with Gasteiger partial charge in [-0.3, -0.25) is 0 Å². The molecule has 0 atom stereocenters. The molecule has 0 spiro atoms. The fraction of sp³-hybridized carbons (Fsp3) is 0.238. The smallest absolute Gasteiger partial charge is 0.224 e. The molecule has 1 heterocycles. The van der Waals surface area contributed by atoms with Gasteiger partial charge in [0.05, 0.1) is 14.2 Å². The van der Waals surface area contributed by atoms with Gasteiger partial charge in [-0.15, -0.1) is 0 Å². The van der Waals surface area contributed by atoms with E-state index in [1.807, 2.05) is 24.3 Å². The van der Waals surface area contributed by atoms with E-state index in [-0.39, 0.29) is 0 Å². The van der Waals surface area contributed by atoms with Gasteiger partial charge in [0.25, 0.3) is 0 Å². The van der Waals surface area contributed by atoms with Crippen molar-refractivity contribution in [2.24, 2.45) is 0 Å². The first-order chi connectivity index (χ1) is 13.2. The second-order valence-electron chi connectivity index (χ2n) is 6.15. The van der Waals surface area contributed by atoms with E-state index in [0.717, 1.165) is 11.4 Å². The van der Waals surface area contributed by atoms with Crippen LogP contribution in [0.2, 0.25) is 0 Å². The van der Waals surface area contributed by atoms with Crippen LogP contribution in [0.5, 0.6) is 11.5 Å². The van der Waals surface area contributed by atoms with Gasteiger partial charge in [0.1, 0.15) is 5.82 Å². The van der Waals surface area contributed by atoms with Crippen LogP contribution in [0.4, 0.5) is 11.8 Å². The van der Waals surface area contributed by atoms with Crippen molar-refractivity contribution in [3.05, 3.63) is 71.4 Å². The highest BCUT2D eigenvalue weighted by atomic mass is 16.5. The van der Waals surface area contributed by atoms with E-state index < -0.39 is 0 Å². The lowest BCUT2D eigenvalue weighted by Crippen LogP contribution is -2.07. The number of rotatable bonds is 8. The van der Waals surface area contributed by atoms with Gasteiger partial charge in [-0.1, -0.05) is 35.9 Å². The number of methoxy groups -OCH3 is 2. The Morgan fingerprint density at radius 1 is 0.815 bits per heavy atom. The van der Waals surface area contributed by atoms with Crippen LogP contribution in [0.3, 0.4) is 0 Å². The van der Waals surface area contributed by atoms with Gasteiger partial charge in [-0.2, -0.15) is 4.98 Å². The number of benzene rings is 2. The minimum Gasteiger partial charge on any atom is -0.493 e. The van der Waals surface area contributed by atoms with Crippen LogP contribution in [-0.4, -0.2) is 24.2 Å². The molecule has 1 aromatic heterocycles.